The molecule has 118 valence electrons. The van der Waals surface area contributed by atoms with Crippen molar-refractivity contribution >= 4 is 11.9 Å². The number of nitrogens with zero attached hydrogens (tertiary/aromatic N) is 5. The van der Waals surface area contributed by atoms with E-state index in [1.807, 2.05) is 13.8 Å². The van der Waals surface area contributed by atoms with Gasteiger partial charge >= 0.3 is 6.01 Å². The van der Waals surface area contributed by atoms with E-state index in [2.05, 4.69) is 44.0 Å². The molecule has 0 aliphatic carbocycles. The molecule has 1 atom stereocenters. The molecule has 2 rings (SSSR count). The van der Waals surface area contributed by atoms with Crippen molar-refractivity contribution in [1.29, 1.82) is 0 Å². The number of ether oxygens (including phenoxy) is 1. The highest BCUT2D eigenvalue weighted by molar-refractivity contribution is 5.38. The highest BCUT2D eigenvalue weighted by Crippen LogP contribution is 2.19. The van der Waals surface area contributed by atoms with Crippen LogP contribution in [0.5, 0.6) is 6.01 Å². The minimum Gasteiger partial charge on any atom is -0.461 e. The fourth-order valence-electron chi connectivity index (χ4n) is 2.46. The van der Waals surface area contributed by atoms with E-state index in [1.165, 1.54) is 0 Å². The van der Waals surface area contributed by atoms with Gasteiger partial charge in [0.05, 0.1) is 6.10 Å². The van der Waals surface area contributed by atoms with E-state index < -0.39 is 0 Å². The molecule has 0 amide bonds. The van der Waals surface area contributed by atoms with Gasteiger partial charge in [0.2, 0.25) is 11.9 Å². The topological polar surface area (TPSA) is 92.4 Å². The Kier molecular flexibility index (Phi) is 5.13. The second-order valence-electron chi connectivity index (χ2n) is 5.48. The zero-order valence-corrected chi connectivity index (χ0v) is 13.2. The first-order valence-corrected chi connectivity index (χ1v) is 7.41. The minimum atomic E-state index is 0.00161. The van der Waals surface area contributed by atoms with Gasteiger partial charge < -0.3 is 9.64 Å². The van der Waals surface area contributed by atoms with Gasteiger partial charge in [0.1, 0.15) is 0 Å². The van der Waals surface area contributed by atoms with Gasteiger partial charge in [0.25, 0.3) is 0 Å². The third kappa shape index (κ3) is 3.92. The van der Waals surface area contributed by atoms with Gasteiger partial charge in [-0.25, -0.2) is 5.84 Å². The number of hydrogen-bond donors (Lipinski definition) is 2. The summed E-state index contributed by atoms with van der Waals surface area (Å²) in [5, 5.41) is 0. The Balaban J connectivity index is 2.18. The monoisotopic (exact) mass is 295 g/mol. The summed E-state index contributed by atoms with van der Waals surface area (Å²) < 4.78 is 5.56. The van der Waals surface area contributed by atoms with E-state index in [9.17, 15) is 0 Å². The number of piperazine rings is 1. The van der Waals surface area contributed by atoms with Crippen LogP contribution < -0.4 is 20.9 Å². The van der Waals surface area contributed by atoms with Crippen molar-refractivity contribution in [3.8, 4) is 6.01 Å². The summed E-state index contributed by atoms with van der Waals surface area (Å²) in [6.45, 7) is 12.1. The summed E-state index contributed by atoms with van der Waals surface area (Å²) in [5.74, 6) is 6.36. The minimum absolute atomic E-state index is 0.00161. The zero-order valence-electron chi connectivity index (χ0n) is 13.2. The molecule has 1 aliphatic rings. The lowest BCUT2D eigenvalue weighted by molar-refractivity contribution is 0.197. The first kappa shape index (κ1) is 15.7. The maximum atomic E-state index is 5.56. The van der Waals surface area contributed by atoms with E-state index in [0.29, 0.717) is 23.9 Å². The van der Waals surface area contributed by atoms with E-state index in [0.717, 1.165) is 26.2 Å². The normalized spacial score (nSPS) is 19.9. The molecule has 0 bridgehead atoms. The van der Waals surface area contributed by atoms with Crippen LogP contribution in [-0.4, -0.2) is 58.2 Å². The largest absolute Gasteiger partial charge is 0.461 e. The molecule has 0 spiro atoms. The molecular weight excluding hydrogens is 270 g/mol. The van der Waals surface area contributed by atoms with Crippen LogP contribution in [0.3, 0.4) is 0 Å². The van der Waals surface area contributed by atoms with Crippen LogP contribution in [0.2, 0.25) is 0 Å². The number of nitrogens with one attached hydrogen (secondary N) is 1. The predicted octanol–water partition coefficient (Wildman–Crippen LogP) is 0.475. The van der Waals surface area contributed by atoms with Crippen molar-refractivity contribution in [2.24, 2.45) is 5.84 Å². The molecule has 8 nitrogen and oxygen atoms in total. The smallest absolute Gasteiger partial charge is 0.323 e. The van der Waals surface area contributed by atoms with Crippen LogP contribution in [0.1, 0.15) is 27.7 Å². The lowest BCUT2D eigenvalue weighted by atomic mass is 10.2. The molecule has 1 aromatic rings. The van der Waals surface area contributed by atoms with E-state index >= 15 is 0 Å². The number of hydrazine groups is 1. The number of likely N-dealkylation sites (N-methyl/N-ethyl adjacent to an activating group) is 1. The summed E-state index contributed by atoms with van der Waals surface area (Å²) >= 11 is 0. The van der Waals surface area contributed by atoms with Crippen LogP contribution in [0.4, 0.5) is 11.9 Å². The molecule has 2 heterocycles. The van der Waals surface area contributed by atoms with Crippen LogP contribution in [0.25, 0.3) is 0 Å². The highest BCUT2D eigenvalue weighted by Gasteiger charge is 2.25. The van der Waals surface area contributed by atoms with Gasteiger partial charge in [-0.15, -0.1) is 0 Å². The third-order valence-electron chi connectivity index (χ3n) is 3.53. The van der Waals surface area contributed by atoms with Gasteiger partial charge in [-0.2, -0.15) is 15.0 Å². The number of anilines is 2. The lowest BCUT2D eigenvalue weighted by Crippen LogP contribution is -2.52. The van der Waals surface area contributed by atoms with E-state index in [-0.39, 0.29) is 6.10 Å². The van der Waals surface area contributed by atoms with Crippen molar-refractivity contribution in [2.45, 2.75) is 39.8 Å². The van der Waals surface area contributed by atoms with Gasteiger partial charge in [-0.1, -0.05) is 6.92 Å². The summed E-state index contributed by atoms with van der Waals surface area (Å²) in [7, 11) is 0. The van der Waals surface area contributed by atoms with Crippen LogP contribution in [-0.2, 0) is 0 Å². The van der Waals surface area contributed by atoms with Gasteiger partial charge in [0, 0.05) is 25.7 Å². The Bertz CT molecular complexity index is 468. The van der Waals surface area contributed by atoms with Crippen molar-refractivity contribution in [3.05, 3.63) is 0 Å². The van der Waals surface area contributed by atoms with Crippen LogP contribution >= 0.6 is 0 Å². The number of nitrogens with two attached hydrogens (primary N) is 1. The van der Waals surface area contributed by atoms with E-state index in [4.69, 9.17) is 10.6 Å². The molecule has 1 fully saturated rings. The molecule has 1 aromatic heterocycles. The molecule has 1 aliphatic heterocycles. The Morgan fingerprint density at radius 1 is 1.33 bits per heavy atom. The summed E-state index contributed by atoms with van der Waals surface area (Å²) in [6, 6.07) is 0.762. The maximum absolute atomic E-state index is 5.56. The first-order chi connectivity index (χ1) is 10.0. The van der Waals surface area contributed by atoms with E-state index in [1.54, 1.807) is 0 Å². The van der Waals surface area contributed by atoms with Crippen molar-refractivity contribution in [2.75, 3.05) is 36.5 Å². The number of aromatic nitrogens is 3. The van der Waals surface area contributed by atoms with Crippen molar-refractivity contribution < 1.29 is 4.74 Å². The van der Waals surface area contributed by atoms with Crippen molar-refractivity contribution in [1.82, 2.24) is 19.9 Å². The standard InChI is InChI=1S/C13H25N7O/c1-5-19-6-7-20(8-10(19)4)12-15-11(18-14)16-13(17-12)21-9(2)3/h9-10H,5-8,14H2,1-4H3,(H,15,16,17,18). The Morgan fingerprint density at radius 3 is 2.67 bits per heavy atom. The molecule has 21 heavy (non-hydrogen) atoms. The quantitative estimate of drug-likeness (QED) is 0.598. The average molecular weight is 295 g/mol. The summed E-state index contributed by atoms with van der Waals surface area (Å²) in [5.41, 5.74) is 2.47. The predicted molar refractivity (Wildman–Crippen MR) is 82.3 cm³/mol. The summed E-state index contributed by atoms with van der Waals surface area (Å²) in [6.07, 6.45) is 0.00161. The Hall–Kier alpha value is -1.67. The van der Waals surface area contributed by atoms with Crippen LogP contribution in [0, 0.1) is 0 Å². The Morgan fingerprint density at radius 2 is 2.10 bits per heavy atom. The summed E-state index contributed by atoms with van der Waals surface area (Å²) in [4.78, 5) is 17.4. The van der Waals surface area contributed by atoms with Gasteiger partial charge in [-0.05, 0) is 27.3 Å². The molecule has 1 unspecified atom stereocenters. The fourth-order valence-corrected chi connectivity index (χ4v) is 2.46. The highest BCUT2D eigenvalue weighted by atomic mass is 16.5. The SMILES string of the molecule is CCN1CCN(c2nc(NN)nc(OC(C)C)n2)CC1C. The molecular formula is C13H25N7O. The molecule has 1 saturated heterocycles. The maximum Gasteiger partial charge on any atom is 0.323 e. The fraction of sp³-hybridized carbons (Fsp3) is 0.769. The lowest BCUT2D eigenvalue weighted by Gasteiger charge is -2.39. The van der Waals surface area contributed by atoms with Crippen LogP contribution in [0.15, 0.2) is 0 Å². The second kappa shape index (κ2) is 6.86. The molecule has 0 aromatic carbocycles. The third-order valence-corrected chi connectivity index (χ3v) is 3.53. The molecule has 0 saturated carbocycles. The Labute approximate surface area is 125 Å². The second-order valence-corrected chi connectivity index (χ2v) is 5.48. The van der Waals surface area contributed by atoms with Crippen molar-refractivity contribution in [3.63, 3.8) is 0 Å². The number of rotatable bonds is 5. The molecule has 0 radical (unpaired) electrons. The number of nitrogen functional groups attached to an aromatic ring is 1. The zero-order chi connectivity index (χ0) is 15.4. The molecule has 3 N–H and O–H groups in total. The van der Waals surface area contributed by atoms with Gasteiger partial charge in [0.15, 0.2) is 0 Å². The molecule has 8 heteroatoms. The van der Waals surface area contributed by atoms with Gasteiger partial charge in [-0.3, -0.25) is 10.3 Å². The number of hydrogen-bond acceptors (Lipinski definition) is 8. The first-order valence-electron chi connectivity index (χ1n) is 7.41. The average Bonchev–Trinajstić information content (AvgIpc) is 2.46.